The van der Waals surface area contributed by atoms with E-state index in [2.05, 4.69) is 20.7 Å². The van der Waals surface area contributed by atoms with Crippen LogP contribution in [0.3, 0.4) is 0 Å². The van der Waals surface area contributed by atoms with Crippen LogP contribution in [-0.4, -0.2) is 17.9 Å². The second-order valence-electron chi connectivity index (χ2n) is 3.04. The standard InChI is InChI=1S/C10H8BrCl3O2/c1-16-10(15)7(11)4-6-8(13)2-5(12)3-9(6)14/h2-3,7H,4H2,1H3. The van der Waals surface area contributed by atoms with Gasteiger partial charge in [0.2, 0.25) is 0 Å². The topological polar surface area (TPSA) is 26.3 Å². The number of hydrogen-bond donors (Lipinski definition) is 0. The Morgan fingerprint density at radius 2 is 1.88 bits per heavy atom. The minimum atomic E-state index is -0.478. The van der Waals surface area contributed by atoms with Gasteiger partial charge in [-0.25, -0.2) is 0 Å². The van der Waals surface area contributed by atoms with Gasteiger partial charge in [-0.05, 0) is 24.1 Å². The fraction of sp³-hybridized carbons (Fsp3) is 0.300. The van der Waals surface area contributed by atoms with Crippen LogP contribution in [0.15, 0.2) is 12.1 Å². The predicted molar refractivity (Wildman–Crippen MR) is 69.9 cm³/mol. The van der Waals surface area contributed by atoms with Gasteiger partial charge in [-0.3, -0.25) is 4.79 Å². The highest BCUT2D eigenvalue weighted by molar-refractivity contribution is 9.10. The van der Waals surface area contributed by atoms with Gasteiger partial charge in [0.1, 0.15) is 4.83 Å². The van der Waals surface area contributed by atoms with E-state index in [-0.39, 0.29) is 5.97 Å². The smallest absolute Gasteiger partial charge is 0.319 e. The summed E-state index contributed by atoms with van der Waals surface area (Å²) in [5.41, 5.74) is 0.667. The van der Waals surface area contributed by atoms with Gasteiger partial charge in [0.05, 0.1) is 7.11 Å². The van der Waals surface area contributed by atoms with E-state index in [9.17, 15) is 4.79 Å². The molecule has 2 nitrogen and oxygen atoms in total. The molecule has 0 saturated carbocycles. The van der Waals surface area contributed by atoms with Crippen LogP contribution in [0.25, 0.3) is 0 Å². The number of rotatable bonds is 3. The molecule has 0 fully saturated rings. The van der Waals surface area contributed by atoms with Crippen molar-refractivity contribution in [1.82, 2.24) is 0 Å². The van der Waals surface area contributed by atoms with Crippen LogP contribution in [0.2, 0.25) is 15.1 Å². The molecule has 1 rings (SSSR count). The maximum atomic E-state index is 11.2. The fourth-order valence-electron chi connectivity index (χ4n) is 1.16. The highest BCUT2D eigenvalue weighted by Crippen LogP contribution is 2.31. The normalized spacial score (nSPS) is 12.3. The highest BCUT2D eigenvalue weighted by Gasteiger charge is 2.19. The first-order valence-electron chi connectivity index (χ1n) is 4.31. The van der Waals surface area contributed by atoms with Crippen LogP contribution in [0.4, 0.5) is 0 Å². The Kier molecular flexibility index (Phi) is 5.38. The van der Waals surface area contributed by atoms with Crippen LogP contribution in [0.1, 0.15) is 5.56 Å². The van der Waals surface area contributed by atoms with Gasteiger partial charge in [0, 0.05) is 15.1 Å². The number of methoxy groups -OCH3 is 1. The van der Waals surface area contributed by atoms with Crippen LogP contribution in [0, 0.1) is 0 Å². The predicted octanol–water partition coefficient (Wildman–Crippen LogP) is 4.13. The number of esters is 1. The summed E-state index contributed by atoms with van der Waals surface area (Å²) in [6.45, 7) is 0. The summed E-state index contributed by atoms with van der Waals surface area (Å²) < 4.78 is 4.59. The molecule has 0 aliphatic heterocycles. The van der Waals surface area contributed by atoms with Gasteiger partial charge >= 0.3 is 5.97 Å². The molecule has 1 unspecified atom stereocenters. The number of benzene rings is 1. The van der Waals surface area contributed by atoms with Gasteiger partial charge in [-0.2, -0.15) is 0 Å². The first kappa shape index (κ1) is 14.1. The molecule has 0 aromatic heterocycles. The van der Waals surface area contributed by atoms with Crippen LogP contribution >= 0.6 is 50.7 Å². The minimum absolute atomic E-state index is 0.349. The van der Waals surface area contributed by atoms with E-state index in [1.54, 1.807) is 12.1 Å². The van der Waals surface area contributed by atoms with Crippen molar-refractivity contribution in [3.63, 3.8) is 0 Å². The van der Waals surface area contributed by atoms with E-state index < -0.39 is 4.83 Å². The lowest BCUT2D eigenvalue weighted by Crippen LogP contribution is -2.18. The molecule has 1 aromatic rings. The quantitative estimate of drug-likeness (QED) is 0.608. The summed E-state index contributed by atoms with van der Waals surface area (Å²) in [7, 11) is 1.32. The van der Waals surface area contributed by atoms with Gasteiger partial charge in [0.25, 0.3) is 0 Å². The molecule has 0 amide bonds. The zero-order chi connectivity index (χ0) is 12.3. The second kappa shape index (κ2) is 6.10. The Morgan fingerprint density at radius 3 is 2.31 bits per heavy atom. The molecule has 0 spiro atoms. The molecule has 1 atom stereocenters. The molecule has 6 heteroatoms. The first-order chi connectivity index (χ1) is 7.45. The van der Waals surface area contributed by atoms with E-state index >= 15 is 0 Å². The Morgan fingerprint density at radius 1 is 1.38 bits per heavy atom. The van der Waals surface area contributed by atoms with E-state index in [1.807, 2.05) is 0 Å². The SMILES string of the molecule is COC(=O)C(Br)Cc1c(Cl)cc(Cl)cc1Cl. The molecule has 0 aliphatic rings. The van der Waals surface area contributed by atoms with Gasteiger partial charge in [-0.15, -0.1) is 0 Å². The fourth-order valence-corrected chi connectivity index (χ4v) is 2.64. The summed E-state index contributed by atoms with van der Waals surface area (Å²) in [6, 6.07) is 3.17. The van der Waals surface area contributed by atoms with Gasteiger partial charge in [-0.1, -0.05) is 50.7 Å². The second-order valence-corrected chi connectivity index (χ2v) is 5.40. The summed E-state index contributed by atoms with van der Waals surface area (Å²) in [5, 5.41) is 1.33. The van der Waals surface area contributed by atoms with Crippen LogP contribution in [-0.2, 0) is 16.0 Å². The van der Waals surface area contributed by atoms with Crippen molar-refractivity contribution in [2.75, 3.05) is 7.11 Å². The van der Waals surface area contributed by atoms with Crippen LogP contribution < -0.4 is 0 Å². The lowest BCUT2D eigenvalue weighted by atomic mass is 10.1. The molecule has 1 aromatic carbocycles. The van der Waals surface area contributed by atoms with Crippen molar-refractivity contribution in [3.05, 3.63) is 32.8 Å². The Balaban J connectivity index is 2.93. The number of carbonyl (C=O) groups excluding carboxylic acids is 1. The van der Waals surface area contributed by atoms with E-state index in [1.165, 1.54) is 7.11 Å². The largest absolute Gasteiger partial charge is 0.468 e. The van der Waals surface area contributed by atoms with E-state index in [4.69, 9.17) is 34.8 Å². The van der Waals surface area contributed by atoms with Crippen molar-refractivity contribution in [2.45, 2.75) is 11.2 Å². The number of alkyl halides is 1. The minimum Gasteiger partial charge on any atom is -0.468 e. The molecule has 0 heterocycles. The number of halogens is 4. The molecular formula is C10H8BrCl3O2. The van der Waals surface area contributed by atoms with Crippen molar-refractivity contribution in [1.29, 1.82) is 0 Å². The number of carbonyl (C=O) groups is 1. The van der Waals surface area contributed by atoms with Gasteiger partial charge < -0.3 is 4.74 Å². The average Bonchev–Trinajstić information content (AvgIpc) is 2.21. The molecular weight excluding hydrogens is 338 g/mol. The molecule has 0 saturated heterocycles. The van der Waals surface area contributed by atoms with Crippen molar-refractivity contribution in [3.8, 4) is 0 Å². The third kappa shape index (κ3) is 3.52. The third-order valence-corrected chi connectivity index (χ3v) is 3.54. The van der Waals surface area contributed by atoms with Crippen molar-refractivity contribution >= 4 is 56.7 Å². The maximum Gasteiger partial charge on any atom is 0.319 e. The molecule has 0 N–H and O–H groups in total. The molecule has 0 radical (unpaired) electrons. The lowest BCUT2D eigenvalue weighted by molar-refractivity contribution is -0.139. The molecule has 16 heavy (non-hydrogen) atoms. The third-order valence-electron chi connectivity index (χ3n) is 1.95. The summed E-state index contributed by atoms with van der Waals surface area (Å²) in [4.78, 5) is 10.7. The maximum absolute atomic E-state index is 11.2. The van der Waals surface area contributed by atoms with E-state index in [0.29, 0.717) is 27.1 Å². The Hall–Kier alpha value is 0.0400. The Labute approximate surface area is 117 Å². The summed E-state index contributed by atoms with van der Waals surface area (Å²) in [5.74, 6) is -0.373. The van der Waals surface area contributed by atoms with Crippen molar-refractivity contribution < 1.29 is 9.53 Å². The van der Waals surface area contributed by atoms with Gasteiger partial charge in [0.15, 0.2) is 0 Å². The number of hydrogen-bond acceptors (Lipinski definition) is 2. The summed E-state index contributed by atoms with van der Waals surface area (Å²) in [6.07, 6.45) is 0.349. The van der Waals surface area contributed by atoms with Crippen molar-refractivity contribution in [2.24, 2.45) is 0 Å². The highest BCUT2D eigenvalue weighted by atomic mass is 79.9. The lowest BCUT2D eigenvalue weighted by Gasteiger charge is -2.11. The number of ether oxygens (including phenoxy) is 1. The zero-order valence-corrected chi connectivity index (χ0v) is 12.1. The van der Waals surface area contributed by atoms with E-state index in [0.717, 1.165) is 0 Å². The molecule has 0 aliphatic carbocycles. The van der Waals surface area contributed by atoms with Crippen LogP contribution in [0.5, 0.6) is 0 Å². The first-order valence-corrected chi connectivity index (χ1v) is 6.36. The Bertz CT molecular complexity index is 386. The average molecular weight is 346 g/mol. The summed E-state index contributed by atoms with van der Waals surface area (Å²) >= 11 is 20.9. The monoisotopic (exact) mass is 344 g/mol. The molecule has 0 bridgehead atoms. The molecule has 88 valence electrons. The zero-order valence-electron chi connectivity index (χ0n) is 8.27.